The zero-order valence-electron chi connectivity index (χ0n) is 6.74. The van der Waals surface area contributed by atoms with Crippen LogP contribution in [0.25, 0.3) is 11.0 Å². The first-order valence-corrected chi connectivity index (χ1v) is 3.92. The van der Waals surface area contributed by atoms with Crippen LogP contribution in [0.15, 0.2) is 16.7 Å². The van der Waals surface area contributed by atoms with Gasteiger partial charge in [-0.1, -0.05) is 16.8 Å². The molecule has 13 heavy (non-hydrogen) atoms. The van der Waals surface area contributed by atoms with E-state index in [9.17, 15) is 5.11 Å². The zero-order valence-corrected chi connectivity index (χ0v) is 7.50. The van der Waals surface area contributed by atoms with Gasteiger partial charge in [0.05, 0.1) is 12.5 Å². The lowest BCUT2D eigenvalue weighted by atomic mass is 10.2. The van der Waals surface area contributed by atoms with Crippen molar-refractivity contribution in [3.05, 3.63) is 17.3 Å². The third kappa shape index (κ3) is 1.19. The Kier molecular flexibility index (Phi) is 1.77. The van der Waals surface area contributed by atoms with Crippen molar-refractivity contribution in [2.75, 3.05) is 7.11 Å². The molecular weight excluding hydrogens is 194 g/mol. The van der Waals surface area contributed by atoms with E-state index in [0.717, 1.165) is 0 Å². The van der Waals surface area contributed by atoms with Crippen LogP contribution in [0, 0.1) is 0 Å². The summed E-state index contributed by atoms with van der Waals surface area (Å²) in [6.07, 6.45) is 0. The molecule has 2 aromatic rings. The number of aromatic nitrogens is 1. The first-order chi connectivity index (χ1) is 6.22. The van der Waals surface area contributed by atoms with Gasteiger partial charge in [0, 0.05) is 6.07 Å². The molecule has 0 aliphatic carbocycles. The van der Waals surface area contributed by atoms with E-state index in [1.807, 2.05) is 0 Å². The highest BCUT2D eigenvalue weighted by Gasteiger charge is 2.10. The summed E-state index contributed by atoms with van der Waals surface area (Å²) in [6.45, 7) is 0. The minimum atomic E-state index is 0.0140. The molecule has 1 aromatic heterocycles. The van der Waals surface area contributed by atoms with Crippen molar-refractivity contribution in [1.29, 1.82) is 0 Å². The van der Waals surface area contributed by atoms with E-state index in [-0.39, 0.29) is 10.9 Å². The number of phenolic OH excluding ortho intramolecular Hbond substituents is 1. The van der Waals surface area contributed by atoms with Crippen molar-refractivity contribution in [2.45, 2.75) is 0 Å². The molecule has 0 fully saturated rings. The Morgan fingerprint density at radius 3 is 3.00 bits per heavy atom. The number of phenols is 1. The van der Waals surface area contributed by atoms with Crippen LogP contribution in [-0.4, -0.2) is 17.4 Å². The van der Waals surface area contributed by atoms with Crippen LogP contribution >= 0.6 is 11.6 Å². The molecule has 0 radical (unpaired) electrons. The number of aromatic hydroxyl groups is 1. The molecule has 1 N–H and O–H groups in total. The topological polar surface area (TPSA) is 55.5 Å². The number of rotatable bonds is 1. The van der Waals surface area contributed by atoms with E-state index in [4.69, 9.17) is 20.9 Å². The average molecular weight is 200 g/mol. The lowest BCUT2D eigenvalue weighted by Gasteiger charge is -2.00. The second-order valence-electron chi connectivity index (χ2n) is 2.49. The maximum atomic E-state index is 9.40. The van der Waals surface area contributed by atoms with Gasteiger partial charge < -0.3 is 14.4 Å². The summed E-state index contributed by atoms with van der Waals surface area (Å²) < 4.78 is 9.75. The first kappa shape index (κ1) is 8.19. The molecule has 4 nitrogen and oxygen atoms in total. The van der Waals surface area contributed by atoms with Crippen molar-refractivity contribution in [1.82, 2.24) is 5.16 Å². The van der Waals surface area contributed by atoms with Gasteiger partial charge in [0.1, 0.15) is 0 Å². The summed E-state index contributed by atoms with van der Waals surface area (Å²) in [4.78, 5) is 0. The molecule has 5 heteroatoms. The molecule has 0 unspecified atom stereocenters. The number of hydrogen-bond donors (Lipinski definition) is 1. The summed E-state index contributed by atoms with van der Waals surface area (Å²) in [5.74, 6) is 0.348. The number of ether oxygens (including phenoxy) is 1. The Bertz CT molecular complexity index is 452. The van der Waals surface area contributed by atoms with E-state index >= 15 is 0 Å². The van der Waals surface area contributed by atoms with E-state index in [2.05, 4.69) is 5.16 Å². The smallest absolute Gasteiger partial charge is 0.180 e. The van der Waals surface area contributed by atoms with E-state index < -0.39 is 0 Å². The van der Waals surface area contributed by atoms with Crippen molar-refractivity contribution >= 4 is 22.6 Å². The standard InChI is InChI=1S/C8H6ClNO3/c1-12-7-3-6-4(2-5(7)11)8(9)10-13-6/h2-3,11H,1H3. The Balaban J connectivity index is 2.76. The zero-order chi connectivity index (χ0) is 9.42. The summed E-state index contributed by atoms with van der Waals surface area (Å²) >= 11 is 5.68. The molecule has 1 heterocycles. The van der Waals surface area contributed by atoms with Crippen molar-refractivity contribution < 1.29 is 14.4 Å². The Morgan fingerprint density at radius 1 is 1.54 bits per heavy atom. The average Bonchev–Trinajstić information content (AvgIpc) is 2.47. The van der Waals surface area contributed by atoms with Gasteiger partial charge in [0.25, 0.3) is 0 Å². The van der Waals surface area contributed by atoms with Crippen LogP contribution in [0.5, 0.6) is 11.5 Å². The minimum absolute atomic E-state index is 0.0140. The highest BCUT2D eigenvalue weighted by atomic mass is 35.5. The SMILES string of the molecule is COc1cc2onc(Cl)c2cc1O. The largest absolute Gasteiger partial charge is 0.504 e. The van der Waals surface area contributed by atoms with Gasteiger partial charge in [-0.05, 0) is 6.07 Å². The van der Waals surface area contributed by atoms with Gasteiger partial charge in [-0.2, -0.15) is 0 Å². The lowest BCUT2D eigenvalue weighted by molar-refractivity contribution is 0.372. The Labute approximate surface area is 78.7 Å². The molecule has 0 saturated heterocycles. The quantitative estimate of drug-likeness (QED) is 0.765. The molecule has 1 aromatic carbocycles. The molecular formula is C8H6ClNO3. The monoisotopic (exact) mass is 199 g/mol. The van der Waals surface area contributed by atoms with Gasteiger partial charge in [-0.25, -0.2) is 0 Å². The fourth-order valence-corrected chi connectivity index (χ4v) is 1.27. The Hall–Kier alpha value is -1.42. The molecule has 68 valence electrons. The van der Waals surface area contributed by atoms with Gasteiger partial charge in [0.2, 0.25) is 0 Å². The number of nitrogens with zero attached hydrogens (tertiary/aromatic N) is 1. The molecule has 0 saturated carbocycles. The maximum Gasteiger partial charge on any atom is 0.180 e. The van der Waals surface area contributed by atoms with Gasteiger partial charge in [-0.3, -0.25) is 0 Å². The fourth-order valence-electron chi connectivity index (χ4n) is 1.09. The number of methoxy groups -OCH3 is 1. The number of hydrogen-bond acceptors (Lipinski definition) is 4. The van der Waals surface area contributed by atoms with Crippen LogP contribution in [0.1, 0.15) is 0 Å². The summed E-state index contributed by atoms with van der Waals surface area (Å²) in [6, 6.07) is 2.98. The van der Waals surface area contributed by atoms with Crippen molar-refractivity contribution in [2.24, 2.45) is 0 Å². The normalized spacial score (nSPS) is 10.6. The summed E-state index contributed by atoms with van der Waals surface area (Å²) in [5.41, 5.74) is 0.486. The number of fused-ring (bicyclic) bond motifs is 1. The van der Waals surface area contributed by atoms with Crippen LogP contribution in [-0.2, 0) is 0 Å². The lowest BCUT2D eigenvalue weighted by Crippen LogP contribution is -1.82. The summed E-state index contributed by atoms with van der Waals surface area (Å²) in [5, 5.41) is 13.7. The summed E-state index contributed by atoms with van der Waals surface area (Å²) in [7, 11) is 1.46. The molecule has 0 aliphatic heterocycles. The third-order valence-corrected chi connectivity index (χ3v) is 2.00. The van der Waals surface area contributed by atoms with Gasteiger partial charge in [0.15, 0.2) is 22.2 Å². The molecule has 0 aliphatic rings. The predicted molar refractivity (Wildman–Crippen MR) is 47.2 cm³/mol. The maximum absolute atomic E-state index is 9.40. The molecule has 0 atom stereocenters. The van der Waals surface area contributed by atoms with Gasteiger partial charge >= 0.3 is 0 Å². The predicted octanol–water partition coefficient (Wildman–Crippen LogP) is 2.20. The van der Waals surface area contributed by atoms with Crippen LogP contribution in [0.3, 0.4) is 0 Å². The number of halogens is 1. The molecule has 0 amide bonds. The molecule has 0 spiro atoms. The minimum Gasteiger partial charge on any atom is -0.504 e. The van der Waals surface area contributed by atoms with Crippen molar-refractivity contribution in [3.63, 3.8) is 0 Å². The second-order valence-corrected chi connectivity index (χ2v) is 2.85. The molecule has 0 bridgehead atoms. The van der Waals surface area contributed by atoms with Crippen molar-refractivity contribution in [3.8, 4) is 11.5 Å². The van der Waals surface area contributed by atoms with E-state index in [1.54, 1.807) is 0 Å². The third-order valence-electron chi connectivity index (χ3n) is 1.73. The molecule has 2 rings (SSSR count). The highest BCUT2D eigenvalue weighted by molar-refractivity contribution is 6.34. The van der Waals surface area contributed by atoms with E-state index in [1.165, 1.54) is 19.2 Å². The second kappa shape index (κ2) is 2.81. The van der Waals surface area contributed by atoms with Crippen LogP contribution < -0.4 is 4.74 Å². The van der Waals surface area contributed by atoms with E-state index in [0.29, 0.717) is 16.7 Å². The van der Waals surface area contributed by atoms with Gasteiger partial charge in [-0.15, -0.1) is 0 Å². The van der Waals surface area contributed by atoms with Crippen LogP contribution in [0.2, 0.25) is 5.15 Å². The first-order valence-electron chi connectivity index (χ1n) is 3.54. The van der Waals surface area contributed by atoms with Crippen LogP contribution in [0.4, 0.5) is 0 Å². The fraction of sp³-hybridized carbons (Fsp3) is 0.125. The Morgan fingerprint density at radius 2 is 2.31 bits per heavy atom. The number of benzene rings is 1. The highest BCUT2D eigenvalue weighted by Crippen LogP contribution is 2.33.